The van der Waals surface area contributed by atoms with Crippen LogP contribution in [-0.2, 0) is 0 Å². The van der Waals surface area contributed by atoms with Crippen molar-refractivity contribution in [1.82, 2.24) is 10.4 Å². The molecule has 0 aliphatic carbocycles. The number of halogens is 3. The molecular formula is C13H12F3N3O. The van der Waals surface area contributed by atoms with Gasteiger partial charge >= 0.3 is 6.36 Å². The zero-order valence-electron chi connectivity index (χ0n) is 10.3. The average molecular weight is 283 g/mol. The number of alkyl halides is 3. The molecule has 2 rings (SSSR count). The number of hydrogen-bond acceptors (Lipinski definition) is 4. The summed E-state index contributed by atoms with van der Waals surface area (Å²) in [5, 5.41) is 0. The summed E-state index contributed by atoms with van der Waals surface area (Å²) in [7, 11) is 0. The third-order valence-corrected chi connectivity index (χ3v) is 2.66. The Bertz CT molecular complexity index is 560. The molecule has 0 fully saturated rings. The first-order valence-corrected chi connectivity index (χ1v) is 5.72. The van der Waals surface area contributed by atoms with Gasteiger partial charge in [0, 0.05) is 18.0 Å². The van der Waals surface area contributed by atoms with Crippen molar-refractivity contribution >= 4 is 0 Å². The van der Waals surface area contributed by atoms with Crippen molar-refractivity contribution in [2.24, 2.45) is 5.84 Å². The van der Waals surface area contributed by atoms with Crippen molar-refractivity contribution in [3.05, 3.63) is 59.9 Å². The number of para-hydroxylation sites is 1. The molecule has 0 radical (unpaired) electrons. The molecule has 4 nitrogen and oxygen atoms in total. The summed E-state index contributed by atoms with van der Waals surface area (Å²) in [6.07, 6.45) is -1.69. The Morgan fingerprint density at radius 2 is 1.75 bits per heavy atom. The molecular weight excluding hydrogens is 271 g/mol. The van der Waals surface area contributed by atoms with E-state index >= 15 is 0 Å². The Hall–Kier alpha value is -2.12. The number of hydrazine groups is 1. The normalized spacial score (nSPS) is 13.0. The van der Waals surface area contributed by atoms with Crippen LogP contribution < -0.4 is 16.0 Å². The van der Waals surface area contributed by atoms with E-state index in [1.54, 1.807) is 18.2 Å². The van der Waals surface area contributed by atoms with E-state index in [-0.39, 0.29) is 5.75 Å². The SMILES string of the molecule is NNC(c1ccncc1)c1ccccc1OC(F)(F)F. The maximum Gasteiger partial charge on any atom is 0.573 e. The van der Waals surface area contributed by atoms with Crippen LogP contribution in [0.15, 0.2) is 48.8 Å². The first-order chi connectivity index (χ1) is 9.51. The van der Waals surface area contributed by atoms with E-state index in [0.29, 0.717) is 11.1 Å². The van der Waals surface area contributed by atoms with Crippen LogP contribution in [0.1, 0.15) is 17.2 Å². The molecule has 0 spiro atoms. The van der Waals surface area contributed by atoms with Crippen molar-refractivity contribution in [2.75, 3.05) is 0 Å². The van der Waals surface area contributed by atoms with Crippen LogP contribution in [0, 0.1) is 0 Å². The van der Waals surface area contributed by atoms with Gasteiger partial charge in [-0.3, -0.25) is 10.8 Å². The van der Waals surface area contributed by atoms with Crippen LogP contribution in [0.3, 0.4) is 0 Å². The van der Waals surface area contributed by atoms with E-state index in [0.717, 1.165) is 0 Å². The lowest BCUT2D eigenvalue weighted by Crippen LogP contribution is -2.30. The van der Waals surface area contributed by atoms with Crippen LogP contribution in [0.2, 0.25) is 0 Å². The molecule has 0 bridgehead atoms. The third kappa shape index (κ3) is 3.46. The molecule has 1 atom stereocenters. The second kappa shape index (κ2) is 5.89. The number of aromatic nitrogens is 1. The molecule has 0 aliphatic rings. The molecule has 0 amide bonds. The minimum atomic E-state index is -4.76. The van der Waals surface area contributed by atoms with Gasteiger partial charge in [0.1, 0.15) is 5.75 Å². The van der Waals surface area contributed by atoms with Crippen molar-refractivity contribution in [3.8, 4) is 5.75 Å². The monoisotopic (exact) mass is 283 g/mol. The Labute approximate surface area is 113 Å². The maximum absolute atomic E-state index is 12.4. The first kappa shape index (κ1) is 14.3. The summed E-state index contributed by atoms with van der Waals surface area (Å²) < 4.78 is 41.2. The van der Waals surface area contributed by atoms with Crippen LogP contribution in [0.4, 0.5) is 13.2 Å². The Balaban J connectivity index is 2.40. The van der Waals surface area contributed by atoms with Crippen molar-refractivity contribution < 1.29 is 17.9 Å². The fourth-order valence-corrected chi connectivity index (χ4v) is 1.86. The largest absolute Gasteiger partial charge is 0.573 e. The third-order valence-electron chi connectivity index (χ3n) is 2.66. The predicted molar refractivity (Wildman–Crippen MR) is 66.5 cm³/mol. The van der Waals surface area contributed by atoms with Gasteiger partial charge in [0.15, 0.2) is 0 Å². The van der Waals surface area contributed by atoms with Crippen molar-refractivity contribution in [1.29, 1.82) is 0 Å². The highest BCUT2D eigenvalue weighted by Gasteiger charge is 2.33. The van der Waals surface area contributed by atoms with Gasteiger partial charge in [-0.05, 0) is 23.8 Å². The summed E-state index contributed by atoms with van der Waals surface area (Å²) in [4.78, 5) is 3.86. The van der Waals surface area contributed by atoms with Gasteiger partial charge in [0.25, 0.3) is 0 Å². The molecule has 1 unspecified atom stereocenters. The summed E-state index contributed by atoms with van der Waals surface area (Å²) in [5.41, 5.74) is 3.46. The number of nitrogens with two attached hydrogens (primary N) is 1. The highest BCUT2D eigenvalue weighted by atomic mass is 19.4. The summed E-state index contributed by atoms with van der Waals surface area (Å²) >= 11 is 0. The second-order valence-corrected chi connectivity index (χ2v) is 3.97. The van der Waals surface area contributed by atoms with E-state index < -0.39 is 12.4 Å². The topological polar surface area (TPSA) is 60.2 Å². The van der Waals surface area contributed by atoms with Crippen LogP contribution in [-0.4, -0.2) is 11.3 Å². The highest BCUT2D eigenvalue weighted by molar-refractivity contribution is 5.41. The van der Waals surface area contributed by atoms with E-state index in [1.165, 1.54) is 30.6 Å². The standard InChI is InChI=1S/C13H12F3N3O/c14-13(15,16)20-11-4-2-1-3-10(11)12(19-17)9-5-7-18-8-6-9/h1-8,12,19H,17H2. The summed E-state index contributed by atoms with van der Waals surface area (Å²) in [5.74, 6) is 5.17. The van der Waals surface area contributed by atoms with E-state index in [4.69, 9.17) is 5.84 Å². The fourth-order valence-electron chi connectivity index (χ4n) is 1.86. The minimum absolute atomic E-state index is 0.290. The molecule has 0 saturated carbocycles. The molecule has 2 aromatic rings. The van der Waals surface area contributed by atoms with Gasteiger partial charge in [-0.15, -0.1) is 13.2 Å². The fraction of sp³-hybridized carbons (Fsp3) is 0.154. The molecule has 20 heavy (non-hydrogen) atoms. The Morgan fingerprint density at radius 3 is 2.35 bits per heavy atom. The quantitative estimate of drug-likeness (QED) is 0.668. The zero-order valence-corrected chi connectivity index (χ0v) is 10.3. The average Bonchev–Trinajstić information content (AvgIpc) is 2.41. The number of nitrogens with one attached hydrogen (secondary N) is 1. The molecule has 3 N–H and O–H groups in total. The molecule has 106 valence electrons. The minimum Gasteiger partial charge on any atom is -0.405 e. The molecule has 0 aliphatic heterocycles. The lowest BCUT2D eigenvalue weighted by Gasteiger charge is -2.20. The number of ether oxygens (including phenoxy) is 1. The lowest BCUT2D eigenvalue weighted by atomic mass is 9.99. The molecule has 1 heterocycles. The summed E-state index contributed by atoms with van der Waals surface area (Å²) in [6, 6.07) is 8.54. The Kier molecular flexibility index (Phi) is 4.21. The number of benzene rings is 1. The highest BCUT2D eigenvalue weighted by Crippen LogP contribution is 2.32. The summed E-state index contributed by atoms with van der Waals surface area (Å²) in [6.45, 7) is 0. The van der Waals surface area contributed by atoms with Crippen molar-refractivity contribution in [3.63, 3.8) is 0 Å². The Morgan fingerprint density at radius 1 is 1.10 bits per heavy atom. The number of nitrogens with zero attached hydrogens (tertiary/aromatic N) is 1. The smallest absolute Gasteiger partial charge is 0.405 e. The van der Waals surface area contributed by atoms with Crippen LogP contribution in [0.25, 0.3) is 0 Å². The maximum atomic E-state index is 12.4. The van der Waals surface area contributed by atoms with Gasteiger partial charge < -0.3 is 4.74 Å². The zero-order chi connectivity index (χ0) is 14.6. The molecule has 1 aromatic heterocycles. The van der Waals surface area contributed by atoms with Crippen LogP contribution >= 0.6 is 0 Å². The molecule has 1 aromatic carbocycles. The number of rotatable bonds is 4. The van der Waals surface area contributed by atoms with Gasteiger partial charge in [0.05, 0.1) is 6.04 Å². The number of pyridine rings is 1. The van der Waals surface area contributed by atoms with Gasteiger partial charge in [-0.25, -0.2) is 5.43 Å². The number of hydrogen-bond donors (Lipinski definition) is 2. The van der Waals surface area contributed by atoms with Gasteiger partial charge in [-0.2, -0.15) is 0 Å². The predicted octanol–water partition coefficient (Wildman–Crippen LogP) is 2.53. The lowest BCUT2D eigenvalue weighted by molar-refractivity contribution is -0.275. The van der Waals surface area contributed by atoms with E-state index in [9.17, 15) is 13.2 Å². The van der Waals surface area contributed by atoms with Gasteiger partial charge in [-0.1, -0.05) is 18.2 Å². The van der Waals surface area contributed by atoms with Crippen molar-refractivity contribution in [2.45, 2.75) is 12.4 Å². The molecule has 7 heteroatoms. The van der Waals surface area contributed by atoms with Gasteiger partial charge in [0.2, 0.25) is 0 Å². The van der Waals surface area contributed by atoms with E-state index in [1.807, 2.05) is 0 Å². The second-order valence-electron chi connectivity index (χ2n) is 3.97. The molecule has 0 saturated heterocycles. The van der Waals surface area contributed by atoms with Crippen LogP contribution in [0.5, 0.6) is 5.75 Å². The van der Waals surface area contributed by atoms with E-state index in [2.05, 4.69) is 15.1 Å². The first-order valence-electron chi connectivity index (χ1n) is 5.72.